The number of carbonyl (C=O) groups is 1. The molecule has 0 amide bonds. The van der Waals surface area contributed by atoms with Crippen molar-refractivity contribution in [1.29, 1.82) is 0 Å². The monoisotopic (exact) mass is 358 g/mol. The highest BCUT2D eigenvalue weighted by Gasteiger charge is 2.34. The number of carbonyl (C=O) groups excluding carboxylic acids is 1. The van der Waals surface area contributed by atoms with Crippen LogP contribution in [0.4, 0.5) is 0 Å². The van der Waals surface area contributed by atoms with E-state index in [-0.39, 0.29) is 5.75 Å². The first-order valence-electron chi connectivity index (χ1n) is 8.00. The molecule has 0 aliphatic carbocycles. The number of aliphatic hydroxyl groups is 2. The summed E-state index contributed by atoms with van der Waals surface area (Å²) >= 11 is 0. The molecule has 2 aromatic rings. The van der Waals surface area contributed by atoms with Gasteiger partial charge in [-0.15, -0.1) is 0 Å². The van der Waals surface area contributed by atoms with Gasteiger partial charge in [-0.05, 0) is 42.3 Å². The minimum atomic E-state index is -1.34. The quantitative estimate of drug-likeness (QED) is 0.400. The number of hydrogen-bond acceptors (Lipinski definition) is 6. The van der Waals surface area contributed by atoms with Gasteiger partial charge in [0.25, 0.3) is 0 Å². The van der Waals surface area contributed by atoms with E-state index in [4.69, 9.17) is 9.47 Å². The normalized spacial score (nSPS) is 11.5. The fraction of sp³-hybridized carbons (Fsp3) is 0.250. The van der Waals surface area contributed by atoms with Crippen LogP contribution >= 0.6 is 0 Å². The molecule has 3 N–H and O–H groups in total. The van der Waals surface area contributed by atoms with Gasteiger partial charge in [0.2, 0.25) is 0 Å². The molecule has 6 nitrogen and oxygen atoms in total. The third kappa shape index (κ3) is 4.84. The lowest BCUT2D eigenvalue weighted by Crippen LogP contribution is -2.38. The van der Waals surface area contributed by atoms with Gasteiger partial charge in [0.1, 0.15) is 22.7 Å². The molecule has 2 aromatic carbocycles. The fourth-order valence-electron chi connectivity index (χ4n) is 2.07. The minimum absolute atomic E-state index is 0.113. The molecule has 0 saturated heterocycles. The molecule has 0 heterocycles. The predicted molar refractivity (Wildman–Crippen MR) is 97.9 cm³/mol. The number of ether oxygens (including phenoxy) is 2. The number of hydrogen-bond donors (Lipinski definition) is 3. The number of benzene rings is 2. The third-order valence-electron chi connectivity index (χ3n) is 3.90. The largest absolute Gasteiger partial charge is 0.508 e. The molecule has 26 heavy (non-hydrogen) atoms. The second kappa shape index (κ2) is 8.51. The Hall–Kier alpha value is -2.83. The standard InChI is InChI=1S/C20H22O6/c1-20(12-21,13-22)19(24)26-17-7-5-14(6-8-17)3-4-15-9-16(23)11-18(10-15)25-2/h3-11,21-23H,12-13H2,1-2H3/b4-3+. The van der Waals surface area contributed by atoms with Gasteiger partial charge in [0, 0.05) is 6.07 Å². The van der Waals surface area contributed by atoms with Crippen LogP contribution in [-0.4, -0.2) is 41.6 Å². The van der Waals surface area contributed by atoms with E-state index in [9.17, 15) is 20.1 Å². The third-order valence-corrected chi connectivity index (χ3v) is 3.90. The van der Waals surface area contributed by atoms with Crippen molar-refractivity contribution < 1.29 is 29.6 Å². The Bertz CT molecular complexity index is 775. The lowest BCUT2D eigenvalue weighted by molar-refractivity contribution is -0.149. The molecular weight excluding hydrogens is 336 g/mol. The summed E-state index contributed by atoms with van der Waals surface area (Å²) in [6.45, 7) is 0.420. The molecule has 0 spiro atoms. The molecule has 6 heteroatoms. The summed E-state index contributed by atoms with van der Waals surface area (Å²) < 4.78 is 10.3. The number of aliphatic hydroxyl groups excluding tert-OH is 2. The van der Waals surface area contributed by atoms with Gasteiger partial charge in [0.05, 0.1) is 20.3 Å². The lowest BCUT2D eigenvalue weighted by Gasteiger charge is -2.21. The summed E-state index contributed by atoms with van der Waals surface area (Å²) in [6.07, 6.45) is 3.66. The van der Waals surface area contributed by atoms with E-state index in [0.717, 1.165) is 11.1 Å². The van der Waals surface area contributed by atoms with Gasteiger partial charge < -0.3 is 24.8 Å². The second-order valence-electron chi connectivity index (χ2n) is 6.13. The van der Waals surface area contributed by atoms with E-state index < -0.39 is 24.6 Å². The Morgan fingerprint density at radius 3 is 2.19 bits per heavy atom. The first kappa shape index (κ1) is 19.5. The van der Waals surface area contributed by atoms with Gasteiger partial charge in [-0.2, -0.15) is 0 Å². The van der Waals surface area contributed by atoms with Crippen LogP contribution in [0.15, 0.2) is 42.5 Å². The van der Waals surface area contributed by atoms with Crippen LogP contribution in [0.3, 0.4) is 0 Å². The summed E-state index contributed by atoms with van der Waals surface area (Å²) in [4.78, 5) is 12.0. The molecule has 0 radical (unpaired) electrons. The fourth-order valence-corrected chi connectivity index (χ4v) is 2.07. The summed E-state index contributed by atoms with van der Waals surface area (Å²) in [5.74, 6) is 0.293. The van der Waals surface area contributed by atoms with Gasteiger partial charge in [-0.25, -0.2) is 0 Å². The molecule has 138 valence electrons. The zero-order valence-electron chi connectivity index (χ0n) is 14.7. The van der Waals surface area contributed by atoms with Crippen molar-refractivity contribution in [2.75, 3.05) is 20.3 Å². The van der Waals surface area contributed by atoms with Crippen LogP contribution < -0.4 is 9.47 Å². The highest BCUT2D eigenvalue weighted by molar-refractivity contribution is 5.79. The Balaban J connectivity index is 2.08. The summed E-state index contributed by atoms with van der Waals surface area (Å²) in [7, 11) is 1.53. The van der Waals surface area contributed by atoms with Gasteiger partial charge in [-0.1, -0.05) is 24.3 Å². The van der Waals surface area contributed by atoms with Crippen molar-refractivity contribution in [2.45, 2.75) is 6.92 Å². The highest BCUT2D eigenvalue weighted by atomic mass is 16.5. The van der Waals surface area contributed by atoms with E-state index in [1.54, 1.807) is 36.4 Å². The Morgan fingerprint density at radius 2 is 1.62 bits per heavy atom. The zero-order chi connectivity index (χ0) is 19.2. The van der Waals surface area contributed by atoms with Crippen molar-refractivity contribution in [3.63, 3.8) is 0 Å². The van der Waals surface area contributed by atoms with Gasteiger partial charge in [-0.3, -0.25) is 4.79 Å². The Kier molecular flexibility index (Phi) is 6.38. The van der Waals surface area contributed by atoms with Crippen molar-refractivity contribution in [1.82, 2.24) is 0 Å². The van der Waals surface area contributed by atoms with Crippen LogP contribution in [0.2, 0.25) is 0 Å². The van der Waals surface area contributed by atoms with Crippen LogP contribution in [0.1, 0.15) is 18.1 Å². The number of esters is 1. The van der Waals surface area contributed by atoms with Gasteiger partial charge >= 0.3 is 5.97 Å². The summed E-state index contributed by atoms with van der Waals surface area (Å²) in [5, 5.41) is 28.1. The zero-order valence-corrected chi connectivity index (χ0v) is 14.7. The van der Waals surface area contributed by atoms with Crippen LogP contribution in [0.5, 0.6) is 17.2 Å². The topological polar surface area (TPSA) is 96.2 Å². The van der Waals surface area contributed by atoms with E-state index >= 15 is 0 Å². The number of rotatable bonds is 7. The molecule has 0 saturated carbocycles. The molecule has 0 atom stereocenters. The van der Waals surface area contributed by atoms with E-state index in [0.29, 0.717) is 11.5 Å². The maximum absolute atomic E-state index is 12.0. The molecule has 0 fully saturated rings. The van der Waals surface area contributed by atoms with E-state index in [1.165, 1.54) is 20.1 Å². The maximum Gasteiger partial charge on any atom is 0.321 e. The van der Waals surface area contributed by atoms with Crippen molar-refractivity contribution >= 4 is 18.1 Å². The van der Waals surface area contributed by atoms with Crippen molar-refractivity contribution in [2.24, 2.45) is 5.41 Å². The highest BCUT2D eigenvalue weighted by Crippen LogP contribution is 2.24. The van der Waals surface area contributed by atoms with E-state index in [2.05, 4.69) is 0 Å². The maximum atomic E-state index is 12.0. The smallest absolute Gasteiger partial charge is 0.321 e. The average molecular weight is 358 g/mol. The average Bonchev–Trinajstić information content (AvgIpc) is 2.66. The van der Waals surface area contributed by atoms with Crippen LogP contribution in [0, 0.1) is 5.41 Å². The SMILES string of the molecule is COc1cc(O)cc(/C=C/c2ccc(OC(=O)C(C)(CO)CO)cc2)c1. The summed E-state index contributed by atoms with van der Waals surface area (Å²) in [5.41, 5.74) is 0.297. The summed E-state index contributed by atoms with van der Waals surface area (Å²) in [6, 6.07) is 11.7. The Labute approximate surface area is 151 Å². The second-order valence-corrected chi connectivity index (χ2v) is 6.13. The number of phenols is 1. The van der Waals surface area contributed by atoms with Crippen molar-refractivity contribution in [3.05, 3.63) is 53.6 Å². The molecular formula is C20H22O6. The first-order valence-corrected chi connectivity index (χ1v) is 8.00. The van der Waals surface area contributed by atoms with Crippen LogP contribution in [-0.2, 0) is 4.79 Å². The molecule has 0 unspecified atom stereocenters. The Morgan fingerprint density at radius 1 is 1.00 bits per heavy atom. The predicted octanol–water partition coefficient (Wildman–Crippen LogP) is 2.47. The number of methoxy groups -OCH3 is 1. The first-order chi connectivity index (χ1) is 12.4. The van der Waals surface area contributed by atoms with Gasteiger partial charge in [0.15, 0.2) is 0 Å². The molecule has 0 aromatic heterocycles. The number of aromatic hydroxyl groups is 1. The van der Waals surface area contributed by atoms with Crippen molar-refractivity contribution in [3.8, 4) is 17.2 Å². The molecule has 0 bridgehead atoms. The molecule has 0 aliphatic heterocycles. The van der Waals surface area contributed by atoms with E-state index in [1.807, 2.05) is 12.2 Å². The number of phenolic OH excluding ortho intramolecular Hbond substituents is 1. The van der Waals surface area contributed by atoms with Crippen LogP contribution in [0.25, 0.3) is 12.2 Å². The molecule has 0 aliphatic rings. The lowest BCUT2D eigenvalue weighted by atomic mass is 9.93. The minimum Gasteiger partial charge on any atom is -0.508 e. The molecule has 2 rings (SSSR count).